The van der Waals surface area contributed by atoms with Crippen LogP contribution < -0.4 is 0 Å². The molecule has 0 radical (unpaired) electrons. The van der Waals surface area contributed by atoms with Crippen molar-refractivity contribution in [2.24, 2.45) is 0 Å². The van der Waals surface area contributed by atoms with E-state index in [-0.39, 0.29) is 6.10 Å². The summed E-state index contributed by atoms with van der Waals surface area (Å²) in [7, 11) is 0. The predicted octanol–water partition coefficient (Wildman–Crippen LogP) is 2.96. The van der Waals surface area contributed by atoms with Gasteiger partial charge in [0.25, 0.3) is 0 Å². The molecule has 0 fully saturated rings. The second-order valence-corrected chi connectivity index (χ2v) is 6.26. The molecule has 0 saturated carbocycles. The molecule has 2 nitrogen and oxygen atoms in total. The van der Waals surface area contributed by atoms with Gasteiger partial charge in [0, 0.05) is 0 Å². The highest BCUT2D eigenvalue weighted by molar-refractivity contribution is 9.11. The van der Waals surface area contributed by atoms with Gasteiger partial charge in [-0.3, -0.25) is 4.18 Å². The Morgan fingerprint density at radius 1 is 1.58 bits per heavy atom. The van der Waals surface area contributed by atoms with Crippen LogP contribution in [0.4, 0.5) is 0 Å². The zero-order valence-electron chi connectivity index (χ0n) is 6.74. The van der Waals surface area contributed by atoms with E-state index in [9.17, 15) is 4.21 Å². The zero-order valence-corrected chi connectivity index (χ0v) is 9.96. The molecule has 0 amide bonds. The fraction of sp³-hybridized carbons (Fsp3) is 0.429. The van der Waals surface area contributed by atoms with Gasteiger partial charge in [-0.1, -0.05) is 0 Å². The average molecular weight is 269 g/mol. The van der Waals surface area contributed by atoms with Crippen molar-refractivity contribution in [3.05, 3.63) is 15.9 Å². The summed E-state index contributed by atoms with van der Waals surface area (Å²) >= 11 is 3.42. The van der Waals surface area contributed by atoms with Crippen LogP contribution in [0.2, 0.25) is 0 Å². The van der Waals surface area contributed by atoms with Gasteiger partial charge >= 0.3 is 0 Å². The maximum atomic E-state index is 11.3. The molecule has 0 aliphatic heterocycles. The van der Waals surface area contributed by atoms with E-state index in [0.717, 1.165) is 8.00 Å². The summed E-state index contributed by atoms with van der Waals surface area (Å²) in [5.41, 5.74) is 0. The van der Waals surface area contributed by atoms with Gasteiger partial charge in [0.2, 0.25) is 0 Å². The number of thiophene rings is 1. The van der Waals surface area contributed by atoms with E-state index in [0.29, 0.717) is 0 Å². The third-order valence-corrected chi connectivity index (χ3v) is 4.09. The topological polar surface area (TPSA) is 26.3 Å². The van der Waals surface area contributed by atoms with Crippen LogP contribution in [0.1, 0.15) is 13.8 Å². The van der Waals surface area contributed by atoms with E-state index in [4.69, 9.17) is 4.18 Å². The van der Waals surface area contributed by atoms with Gasteiger partial charge in [-0.05, 0) is 41.9 Å². The lowest BCUT2D eigenvalue weighted by Gasteiger charge is -2.03. The van der Waals surface area contributed by atoms with Crippen LogP contribution >= 0.6 is 27.3 Å². The third kappa shape index (κ3) is 2.97. The first-order chi connectivity index (χ1) is 5.59. The molecule has 0 aliphatic rings. The van der Waals surface area contributed by atoms with Crippen molar-refractivity contribution in [3.63, 3.8) is 0 Å². The Bertz CT molecular complexity index is 283. The highest BCUT2D eigenvalue weighted by atomic mass is 79.9. The SMILES string of the molecule is CC(C)O[S@@](=O)c1ccc(Br)s1. The van der Waals surface area contributed by atoms with Crippen LogP contribution in [0.3, 0.4) is 0 Å². The second-order valence-electron chi connectivity index (χ2n) is 2.44. The zero-order chi connectivity index (χ0) is 9.14. The molecule has 0 N–H and O–H groups in total. The van der Waals surface area contributed by atoms with Crippen LogP contribution in [0.15, 0.2) is 20.1 Å². The first kappa shape index (κ1) is 10.4. The summed E-state index contributed by atoms with van der Waals surface area (Å²) in [6, 6.07) is 3.66. The Labute approximate surface area is 86.7 Å². The van der Waals surface area contributed by atoms with Gasteiger partial charge in [-0.25, -0.2) is 4.21 Å². The van der Waals surface area contributed by atoms with Gasteiger partial charge < -0.3 is 0 Å². The molecule has 0 aromatic carbocycles. The Morgan fingerprint density at radius 2 is 2.25 bits per heavy atom. The lowest BCUT2D eigenvalue weighted by molar-refractivity contribution is 0.270. The summed E-state index contributed by atoms with van der Waals surface area (Å²) < 4.78 is 18.2. The van der Waals surface area contributed by atoms with Gasteiger partial charge in [0.1, 0.15) is 4.21 Å². The lowest BCUT2D eigenvalue weighted by Crippen LogP contribution is -2.04. The molecular formula is C7H9BrO2S2. The van der Waals surface area contributed by atoms with E-state index in [1.807, 2.05) is 19.9 Å². The summed E-state index contributed by atoms with van der Waals surface area (Å²) in [4.78, 5) is 0. The fourth-order valence-electron chi connectivity index (χ4n) is 0.609. The van der Waals surface area contributed by atoms with E-state index in [1.165, 1.54) is 11.3 Å². The van der Waals surface area contributed by atoms with Crippen LogP contribution in [-0.4, -0.2) is 10.3 Å². The van der Waals surface area contributed by atoms with Crippen molar-refractivity contribution >= 4 is 38.3 Å². The Morgan fingerprint density at radius 3 is 2.67 bits per heavy atom. The predicted molar refractivity (Wildman–Crippen MR) is 54.6 cm³/mol. The largest absolute Gasteiger partial charge is 0.283 e. The normalized spacial score (nSPS) is 13.7. The minimum atomic E-state index is -1.30. The van der Waals surface area contributed by atoms with Crippen molar-refractivity contribution in [1.29, 1.82) is 0 Å². The van der Waals surface area contributed by atoms with Crippen molar-refractivity contribution in [2.75, 3.05) is 0 Å². The molecule has 1 atom stereocenters. The van der Waals surface area contributed by atoms with Crippen LogP contribution in [0, 0.1) is 0 Å². The second kappa shape index (κ2) is 4.50. The summed E-state index contributed by atoms with van der Waals surface area (Å²) in [5.74, 6) is 0. The molecule has 0 bridgehead atoms. The molecule has 68 valence electrons. The first-order valence-electron chi connectivity index (χ1n) is 3.44. The molecule has 0 aliphatic carbocycles. The minimum Gasteiger partial charge on any atom is -0.283 e. The van der Waals surface area contributed by atoms with E-state index < -0.39 is 11.1 Å². The average Bonchev–Trinajstić information content (AvgIpc) is 2.34. The first-order valence-corrected chi connectivity index (χ1v) is 6.12. The molecule has 0 spiro atoms. The van der Waals surface area contributed by atoms with Gasteiger partial charge in [0.15, 0.2) is 11.1 Å². The van der Waals surface area contributed by atoms with Gasteiger partial charge in [0.05, 0.1) is 9.89 Å². The van der Waals surface area contributed by atoms with Crippen molar-refractivity contribution in [1.82, 2.24) is 0 Å². The smallest absolute Gasteiger partial charge is 0.199 e. The van der Waals surface area contributed by atoms with Gasteiger partial charge in [-0.15, -0.1) is 11.3 Å². The molecule has 5 heteroatoms. The molecular weight excluding hydrogens is 260 g/mol. The number of hydrogen-bond acceptors (Lipinski definition) is 3. The van der Waals surface area contributed by atoms with E-state index in [1.54, 1.807) is 6.07 Å². The number of rotatable bonds is 3. The standard InChI is InChI=1S/C7H9BrO2S2/c1-5(2)10-12(9)7-4-3-6(8)11-7/h3-5H,1-2H3/t12-/m1/s1. The molecule has 0 unspecified atom stereocenters. The summed E-state index contributed by atoms with van der Waals surface area (Å²) in [6.45, 7) is 3.72. The van der Waals surface area contributed by atoms with E-state index >= 15 is 0 Å². The fourth-order valence-corrected chi connectivity index (χ4v) is 3.33. The maximum Gasteiger partial charge on any atom is 0.199 e. The van der Waals surface area contributed by atoms with Crippen molar-refractivity contribution in [2.45, 2.75) is 24.2 Å². The van der Waals surface area contributed by atoms with Crippen LogP contribution in [0.25, 0.3) is 0 Å². The highest BCUT2D eigenvalue weighted by Gasteiger charge is 2.08. The van der Waals surface area contributed by atoms with Gasteiger partial charge in [-0.2, -0.15) is 0 Å². The van der Waals surface area contributed by atoms with Crippen LogP contribution in [-0.2, 0) is 15.3 Å². The minimum absolute atomic E-state index is 0.00768. The van der Waals surface area contributed by atoms with E-state index in [2.05, 4.69) is 15.9 Å². The maximum absolute atomic E-state index is 11.3. The summed E-state index contributed by atoms with van der Waals surface area (Å²) in [5, 5.41) is 0. The van der Waals surface area contributed by atoms with Crippen molar-refractivity contribution in [3.8, 4) is 0 Å². The van der Waals surface area contributed by atoms with Crippen LogP contribution in [0.5, 0.6) is 0 Å². The molecule has 12 heavy (non-hydrogen) atoms. The van der Waals surface area contributed by atoms with Crippen molar-refractivity contribution < 1.29 is 8.39 Å². The Balaban J connectivity index is 2.65. The number of hydrogen-bond donors (Lipinski definition) is 0. The number of halogens is 1. The molecule has 0 saturated heterocycles. The summed E-state index contributed by atoms with van der Waals surface area (Å²) in [6.07, 6.45) is -0.00768. The third-order valence-electron chi connectivity index (χ3n) is 0.993. The monoisotopic (exact) mass is 268 g/mol. The molecule has 1 aromatic heterocycles. The quantitative estimate of drug-likeness (QED) is 0.843. The molecule has 1 aromatic rings. The molecule has 1 heterocycles. The highest BCUT2D eigenvalue weighted by Crippen LogP contribution is 2.25. The Kier molecular flexibility index (Phi) is 3.89. The molecule has 1 rings (SSSR count). The Hall–Kier alpha value is 0.290. The lowest BCUT2D eigenvalue weighted by atomic mass is 10.5.